The summed E-state index contributed by atoms with van der Waals surface area (Å²) in [5.41, 5.74) is 10.0. The van der Waals surface area contributed by atoms with E-state index in [0.29, 0.717) is 0 Å². The van der Waals surface area contributed by atoms with E-state index in [1.54, 1.807) is 0 Å². The molecule has 2 nitrogen and oxygen atoms in total. The van der Waals surface area contributed by atoms with Crippen LogP contribution in [0.5, 0.6) is 0 Å². The zero-order chi connectivity index (χ0) is 11.7. The van der Waals surface area contributed by atoms with Gasteiger partial charge in [-0.15, -0.1) is 0 Å². The first-order valence-corrected chi connectivity index (χ1v) is 5.55. The summed E-state index contributed by atoms with van der Waals surface area (Å²) >= 11 is 0. The molecule has 0 saturated carbocycles. The third-order valence-electron chi connectivity index (χ3n) is 2.90. The Bertz CT molecular complexity index is 669. The normalized spacial score (nSPS) is 10.6. The van der Waals surface area contributed by atoms with Crippen LogP contribution in [0.15, 0.2) is 60.8 Å². The number of nitrogens with zero attached hydrogens (tertiary/aromatic N) is 1. The van der Waals surface area contributed by atoms with Gasteiger partial charge in [0, 0.05) is 22.8 Å². The van der Waals surface area contributed by atoms with Gasteiger partial charge in [-0.25, -0.2) is 0 Å². The smallest absolute Gasteiger partial charge is 0.0708 e. The van der Waals surface area contributed by atoms with E-state index in [4.69, 9.17) is 5.73 Å². The van der Waals surface area contributed by atoms with Crippen LogP contribution in [0.25, 0.3) is 22.0 Å². The van der Waals surface area contributed by atoms with Gasteiger partial charge in [-0.1, -0.05) is 36.4 Å². The van der Waals surface area contributed by atoms with Crippen molar-refractivity contribution in [3.05, 3.63) is 60.8 Å². The predicted octanol–water partition coefficient (Wildman–Crippen LogP) is 3.48. The van der Waals surface area contributed by atoms with Gasteiger partial charge in [-0.05, 0) is 23.8 Å². The number of pyridine rings is 1. The van der Waals surface area contributed by atoms with Crippen LogP contribution >= 0.6 is 0 Å². The van der Waals surface area contributed by atoms with Gasteiger partial charge in [0.15, 0.2) is 0 Å². The molecule has 3 aromatic rings. The van der Waals surface area contributed by atoms with Crippen LogP contribution < -0.4 is 5.73 Å². The molecule has 0 spiro atoms. The van der Waals surface area contributed by atoms with E-state index < -0.39 is 0 Å². The molecule has 0 radical (unpaired) electrons. The number of aromatic nitrogens is 1. The Morgan fingerprint density at radius 1 is 0.765 bits per heavy atom. The zero-order valence-electron chi connectivity index (χ0n) is 9.30. The van der Waals surface area contributed by atoms with Gasteiger partial charge in [0.05, 0.1) is 5.52 Å². The summed E-state index contributed by atoms with van der Waals surface area (Å²) in [6.45, 7) is 0. The number of rotatable bonds is 1. The van der Waals surface area contributed by atoms with Crippen molar-refractivity contribution in [2.45, 2.75) is 0 Å². The van der Waals surface area contributed by atoms with E-state index in [1.165, 1.54) is 0 Å². The van der Waals surface area contributed by atoms with Crippen LogP contribution in [0.3, 0.4) is 0 Å². The van der Waals surface area contributed by atoms with Crippen LogP contribution in [-0.2, 0) is 0 Å². The van der Waals surface area contributed by atoms with Crippen LogP contribution in [0, 0.1) is 0 Å². The highest BCUT2D eigenvalue weighted by Crippen LogP contribution is 2.30. The highest BCUT2D eigenvalue weighted by molar-refractivity contribution is 5.97. The fourth-order valence-electron chi connectivity index (χ4n) is 2.07. The number of nitrogen functional groups attached to an aromatic ring is 1. The van der Waals surface area contributed by atoms with E-state index in [2.05, 4.69) is 11.1 Å². The fourth-order valence-corrected chi connectivity index (χ4v) is 2.07. The van der Waals surface area contributed by atoms with Crippen molar-refractivity contribution >= 4 is 16.6 Å². The summed E-state index contributed by atoms with van der Waals surface area (Å²) in [7, 11) is 0. The second-order valence-corrected chi connectivity index (χ2v) is 3.96. The molecule has 0 fully saturated rings. The summed E-state index contributed by atoms with van der Waals surface area (Å²) in [4.78, 5) is 4.36. The second-order valence-electron chi connectivity index (χ2n) is 3.96. The van der Waals surface area contributed by atoms with Crippen molar-refractivity contribution in [1.29, 1.82) is 0 Å². The molecule has 17 heavy (non-hydrogen) atoms. The van der Waals surface area contributed by atoms with Gasteiger partial charge in [0.2, 0.25) is 0 Å². The summed E-state index contributed by atoms with van der Waals surface area (Å²) in [6.07, 6.45) is 1.82. The number of fused-ring (bicyclic) bond motifs is 1. The standard InChI is InChI=1S/C15H12N2/c16-14-7-3-1-5-12(14)11-9-10-17-15-8-4-2-6-13(11)15/h1-10H,16H2. The number of anilines is 1. The van der Waals surface area contributed by atoms with Gasteiger partial charge >= 0.3 is 0 Å². The number of hydrogen-bond acceptors (Lipinski definition) is 2. The second kappa shape index (κ2) is 3.91. The maximum absolute atomic E-state index is 6.02. The molecule has 0 amide bonds. The minimum atomic E-state index is 0.795. The van der Waals surface area contributed by atoms with Gasteiger partial charge in [0.25, 0.3) is 0 Å². The molecule has 0 aliphatic carbocycles. The van der Waals surface area contributed by atoms with Crippen molar-refractivity contribution < 1.29 is 0 Å². The molecular weight excluding hydrogens is 208 g/mol. The lowest BCUT2D eigenvalue weighted by molar-refractivity contribution is 1.41. The maximum atomic E-state index is 6.02. The SMILES string of the molecule is Nc1ccccc1-c1ccnc2ccccc12. The highest BCUT2D eigenvalue weighted by atomic mass is 14.6. The van der Waals surface area contributed by atoms with Gasteiger partial charge < -0.3 is 5.73 Å². The van der Waals surface area contributed by atoms with Crippen molar-refractivity contribution in [2.75, 3.05) is 5.73 Å². The van der Waals surface area contributed by atoms with Crippen LogP contribution in [0.2, 0.25) is 0 Å². The summed E-state index contributed by atoms with van der Waals surface area (Å²) in [5, 5.41) is 1.13. The Hall–Kier alpha value is -2.35. The van der Waals surface area contributed by atoms with Gasteiger partial charge in [-0.2, -0.15) is 0 Å². The van der Waals surface area contributed by atoms with E-state index in [0.717, 1.165) is 27.7 Å². The molecule has 1 aromatic heterocycles. The molecule has 0 unspecified atom stereocenters. The summed E-state index contributed by atoms with van der Waals surface area (Å²) in [6, 6.07) is 18.0. The zero-order valence-corrected chi connectivity index (χ0v) is 9.30. The average Bonchev–Trinajstić information content (AvgIpc) is 2.39. The molecule has 2 N–H and O–H groups in total. The monoisotopic (exact) mass is 220 g/mol. The minimum Gasteiger partial charge on any atom is -0.398 e. The predicted molar refractivity (Wildman–Crippen MR) is 71.6 cm³/mol. The number of hydrogen-bond donors (Lipinski definition) is 1. The van der Waals surface area contributed by atoms with Crippen LogP contribution in [0.4, 0.5) is 5.69 Å². The first kappa shape index (κ1) is 9.85. The molecule has 3 rings (SSSR count). The summed E-state index contributed by atoms with van der Waals surface area (Å²) < 4.78 is 0. The van der Waals surface area contributed by atoms with Gasteiger partial charge in [-0.3, -0.25) is 4.98 Å². The Morgan fingerprint density at radius 3 is 2.41 bits per heavy atom. The van der Waals surface area contributed by atoms with E-state index >= 15 is 0 Å². The van der Waals surface area contributed by atoms with E-state index in [9.17, 15) is 0 Å². The molecule has 2 heteroatoms. The Balaban J connectivity index is 2.35. The van der Waals surface area contributed by atoms with Crippen molar-refractivity contribution in [1.82, 2.24) is 4.98 Å². The van der Waals surface area contributed by atoms with E-state index in [-0.39, 0.29) is 0 Å². The van der Waals surface area contributed by atoms with Gasteiger partial charge in [0.1, 0.15) is 0 Å². The molecule has 1 heterocycles. The molecule has 0 atom stereocenters. The number of benzene rings is 2. The molecule has 0 bridgehead atoms. The number of nitrogens with two attached hydrogens (primary N) is 1. The summed E-state index contributed by atoms with van der Waals surface area (Å²) in [5.74, 6) is 0. The van der Waals surface area contributed by atoms with Crippen molar-refractivity contribution in [2.24, 2.45) is 0 Å². The maximum Gasteiger partial charge on any atom is 0.0708 e. The quantitative estimate of drug-likeness (QED) is 0.637. The molecule has 82 valence electrons. The fraction of sp³-hybridized carbons (Fsp3) is 0. The van der Waals surface area contributed by atoms with E-state index in [1.807, 2.05) is 54.7 Å². The highest BCUT2D eigenvalue weighted by Gasteiger charge is 2.05. The Morgan fingerprint density at radius 2 is 1.53 bits per heavy atom. The third-order valence-corrected chi connectivity index (χ3v) is 2.90. The first-order chi connectivity index (χ1) is 8.36. The molecule has 0 saturated heterocycles. The lowest BCUT2D eigenvalue weighted by Gasteiger charge is -2.08. The van der Waals surface area contributed by atoms with Crippen LogP contribution in [0.1, 0.15) is 0 Å². The lowest BCUT2D eigenvalue weighted by Crippen LogP contribution is -1.90. The topological polar surface area (TPSA) is 38.9 Å². The van der Waals surface area contributed by atoms with Crippen LogP contribution in [-0.4, -0.2) is 4.98 Å². The third kappa shape index (κ3) is 1.64. The number of para-hydroxylation sites is 2. The Labute approximate surface area is 99.7 Å². The largest absolute Gasteiger partial charge is 0.398 e. The minimum absolute atomic E-state index is 0.795. The lowest BCUT2D eigenvalue weighted by atomic mass is 10.00. The molecule has 0 aliphatic heterocycles. The molecular formula is C15H12N2. The molecule has 2 aromatic carbocycles. The molecule has 0 aliphatic rings. The van der Waals surface area contributed by atoms with Crippen molar-refractivity contribution in [3.63, 3.8) is 0 Å². The first-order valence-electron chi connectivity index (χ1n) is 5.55. The Kier molecular flexibility index (Phi) is 2.26. The van der Waals surface area contributed by atoms with Crippen molar-refractivity contribution in [3.8, 4) is 11.1 Å². The average molecular weight is 220 g/mol.